The molecule has 0 aliphatic heterocycles. The number of anilines is 1. The van der Waals surface area contributed by atoms with Crippen molar-refractivity contribution in [1.29, 1.82) is 0 Å². The zero-order valence-corrected chi connectivity index (χ0v) is 18.3. The van der Waals surface area contributed by atoms with Gasteiger partial charge in [-0.2, -0.15) is 0 Å². The van der Waals surface area contributed by atoms with Gasteiger partial charge < -0.3 is 19.7 Å². The first kappa shape index (κ1) is 23.9. The third-order valence-electron chi connectivity index (χ3n) is 4.73. The quantitative estimate of drug-likeness (QED) is 0.557. The highest BCUT2D eigenvalue weighted by Gasteiger charge is 2.18. The number of amides is 2. The number of methoxy groups -OCH3 is 1. The summed E-state index contributed by atoms with van der Waals surface area (Å²) in [6.45, 7) is 3.75. The average Bonchev–Trinajstić information content (AvgIpc) is 2.77. The van der Waals surface area contributed by atoms with Crippen LogP contribution >= 0.6 is 0 Å². The highest BCUT2D eigenvalue weighted by atomic mass is 16.5. The molecule has 0 radical (unpaired) electrons. The highest BCUT2D eigenvalue weighted by Crippen LogP contribution is 2.14. The van der Waals surface area contributed by atoms with Crippen molar-refractivity contribution in [3.63, 3.8) is 0 Å². The minimum absolute atomic E-state index is 0.0929. The van der Waals surface area contributed by atoms with Crippen molar-refractivity contribution in [2.45, 2.75) is 33.1 Å². The molecule has 2 aromatic carbocycles. The molecule has 0 aliphatic carbocycles. The summed E-state index contributed by atoms with van der Waals surface area (Å²) in [5, 5.41) is 2.82. The number of carbonyl (C=O) groups is 3. The monoisotopic (exact) mass is 426 g/mol. The fourth-order valence-corrected chi connectivity index (χ4v) is 2.98. The Morgan fingerprint density at radius 3 is 2.39 bits per heavy atom. The molecule has 7 heteroatoms. The standard InChI is InChI=1S/C24H30N2O5/c1-4-15-26(16-22(27)25-21-8-6-5-7-18(21)2)23(28)17-31-24(29)14-11-19-9-12-20(30-3)13-10-19/h5-10,12-13H,4,11,14-17H2,1-3H3,(H,25,27). The van der Waals surface area contributed by atoms with E-state index in [1.54, 1.807) is 7.11 Å². The minimum Gasteiger partial charge on any atom is -0.497 e. The number of ether oxygens (including phenoxy) is 2. The SMILES string of the molecule is CCCN(CC(=O)Nc1ccccc1C)C(=O)COC(=O)CCc1ccc(OC)cc1. The summed E-state index contributed by atoms with van der Waals surface area (Å²) in [4.78, 5) is 38.3. The van der Waals surface area contributed by atoms with E-state index in [4.69, 9.17) is 9.47 Å². The first-order valence-electron chi connectivity index (χ1n) is 10.3. The van der Waals surface area contributed by atoms with Gasteiger partial charge in [-0.1, -0.05) is 37.3 Å². The zero-order valence-electron chi connectivity index (χ0n) is 18.3. The van der Waals surface area contributed by atoms with Gasteiger partial charge in [-0.15, -0.1) is 0 Å². The van der Waals surface area contributed by atoms with E-state index in [0.717, 1.165) is 16.9 Å². The summed E-state index contributed by atoms with van der Waals surface area (Å²) in [5.41, 5.74) is 2.63. The molecular formula is C24H30N2O5. The molecule has 0 atom stereocenters. The lowest BCUT2D eigenvalue weighted by Gasteiger charge is -2.21. The van der Waals surface area contributed by atoms with Crippen LogP contribution in [-0.4, -0.2) is 49.5 Å². The van der Waals surface area contributed by atoms with Crippen molar-refractivity contribution in [1.82, 2.24) is 4.90 Å². The Labute approximate surface area is 183 Å². The summed E-state index contributed by atoms with van der Waals surface area (Å²) < 4.78 is 10.2. The number of aryl methyl sites for hydroxylation is 2. The van der Waals surface area contributed by atoms with Crippen molar-refractivity contribution >= 4 is 23.5 Å². The Kier molecular flexibility index (Phi) is 9.55. The smallest absolute Gasteiger partial charge is 0.306 e. The molecule has 1 N–H and O–H groups in total. The molecular weight excluding hydrogens is 396 g/mol. The van der Waals surface area contributed by atoms with E-state index in [0.29, 0.717) is 25.1 Å². The Morgan fingerprint density at radius 1 is 1.03 bits per heavy atom. The lowest BCUT2D eigenvalue weighted by Crippen LogP contribution is -2.40. The van der Waals surface area contributed by atoms with E-state index in [9.17, 15) is 14.4 Å². The van der Waals surface area contributed by atoms with Gasteiger partial charge in [0, 0.05) is 18.7 Å². The van der Waals surface area contributed by atoms with Crippen LogP contribution in [0.1, 0.15) is 30.9 Å². The van der Waals surface area contributed by atoms with Crippen LogP contribution in [-0.2, 0) is 25.5 Å². The summed E-state index contributed by atoms with van der Waals surface area (Å²) in [6, 6.07) is 14.9. The summed E-state index contributed by atoms with van der Waals surface area (Å²) in [6.07, 6.45) is 1.37. The summed E-state index contributed by atoms with van der Waals surface area (Å²) in [7, 11) is 1.59. The van der Waals surface area contributed by atoms with Crippen LogP contribution in [0.25, 0.3) is 0 Å². The molecule has 7 nitrogen and oxygen atoms in total. The van der Waals surface area contributed by atoms with Crippen LogP contribution in [0.5, 0.6) is 5.75 Å². The van der Waals surface area contributed by atoms with E-state index in [1.165, 1.54) is 4.90 Å². The van der Waals surface area contributed by atoms with Gasteiger partial charge in [-0.3, -0.25) is 14.4 Å². The molecule has 0 saturated heterocycles. The van der Waals surface area contributed by atoms with Crippen LogP contribution < -0.4 is 10.1 Å². The predicted octanol–water partition coefficient (Wildman–Crippen LogP) is 3.36. The number of hydrogen-bond acceptors (Lipinski definition) is 5. The van der Waals surface area contributed by atoms with Gasteiger partial charge in [-0.05, 0) is 49.1 Å². The molecule has 0 unspecified atom stereocenters. The van der Waals surface area contributed by atoms with Crippen molar-refractivity contribution in [2.24, 2.45) is 0 Å². The second-order valence-electron chi connectivity index (χ2n) is 7.19. The average molecular weight is 427 g/mol. The Bertz CT molecular complexity index is 880. The maximum atomic E-state index is 12.5. The topological polar surface area (TPSA) is 84.9 Å². The lowest BCUT2D eigenvalue weighted by molar-refractivity contribution is -0.152. The van der Waals surface area contributed by atoms with Crippen molar-refractivity contribution in [3.05, 3.63) is 59.7 Å². The second kappa shape index (κ2) is 12.4. The normalized spacial score (nSPS) is 10.3. The Morgan fingerprint density at radius 2 is 1.74 bits per heavy atom. The first-order valence-corrected chi connectivity index (χ1v) is 10.3. The molecule has 0 aliphatic rings. The maximum Gasteiger partial charge on any atom is 0.306 e. The molecule has 2 rings (SSSR count). The molecule has 0 spiro atoms. The van der Waals surface area contributed by atoms with Crippen LogP contribution in [0.3, 0.4) is 0 Å². The molecule has 31 heavy (non-hydrogen) atoms. The fraction of sp³-hybridized carbons (Fsp3) is 0.375. The van der Waals surface area contributed by atoms with Gasteiger partial charge in [0.05, 0.1) is 13.7 Å². The number of nitrogens with one attached hydrogen (secondary N) is 1. The fourth-order valence-electron chi connectivity index (χ4n) is 2.98. The Balaban J connectivity index is 1.80. The number of nitrogens with zero attached hydrogens (tertiary/aromatic N) is 1. The molecule has 166 valence electrons. The second-order valence-corrected chi connectivity index (χ2v) is 7.19. The first-order chi connectivity index (χ1) is 14.9. The highest BCUT2D eigenvalue weighted by molar-refractivity contribution is 5.95. The van der Waals surface area contributed by atoms with Crippen molar-refractivity contribution in [2.75, 3.05) is 32.1 Å². The largest absolute Gasteiger partial charge is 0.497 e. The Hall–Kier alpha value is -3.35. The molecule has 0 bridgehead atoms. The molecule has 0 saturated carbocycles. The maximum absolute atomic E-state index is 12.5. The van der Waals surface area contributed by atoms with Gasteiger partial charge in [-0.25, -0.2) is 0 Å². The number of hydrogen-bond donors (Lipinski definition) is 1. The van der Waals surface area contributed by atoms with Gasteiger partial charge in [0.25, 0.3) is 5.91 Å². The van der Waals surface area contributed by atoms with Crippen LogP contribution in [0.2, 0.25) is 0 Å². The van der Waals surface area contributed by atoms with E-state index < -0.39 is 5.97 Å². The van der Waals surface area contributed by atoms with Crippen molar-refractivity contribution in [3.8, 4) is 5.75 Å². The molecule has 2 amide bonds. The third kappa shape index (κ3) is 8.12. The molecule has 0 fully saturated rings. The van der Waals surface area contributed by atoms with E-state index in [2.05, 4.69) is 5.32 Å². The van der Waals surface area contributed by atoms with E-state index >= 15 is 0 Å². The summed E-state index contributed by atoms with van der Waals surface area (Å²) >= 11 is 0. The number of esters is 1. The number of benzene rings is 2. The van der Waals surface area contributed by atoms with Gasteiger partial charge >= 0.3 is 5.97 Å². The van der Waals surface area contributed by atoms with Gasteiger partial charge in [0.2, 0.25) is 5.91 Å². The van der Waals surface area contributed by atoms with Gasteiger partial charge in [0.1, 0.15) is 5.75 Å². The molecule has 0 heterocycles. The van der Waals surface area contributed by atoms with Crippen LogP contribution in [0, 0.1) is 6.92 Å². The van der Waals surface area contributed by atoms with Gasteiger partial charge in [0.15, 0.2) is 6.61 Å². The third-order valence-corrected chi connectivity index (χ3v) is 4.73. The van der Waals surface area contributed by atoms with Crippen LogP contribution in [0.15, 0.2) is 48.5 Å². The van der Waals surface area contributed by atoms with Crippen molar-refractivity contribution < 1.29 is 23.9 Å². The van der Waals surface area contributed by atoms with E-state index in [1.807, 2.05) is 62.4 Å². The minimum atomic E-state index is -0.454. The molecule has 2 aromatic rings. The number of rotatable bonds is 11. The lowest BCUT2D eigenvalue weighted by atomic mass is 10.1. The zero-order chi connectivity index (χ0) is 22.6. The number of carbonyl (C=O) groups excluding carboxylic acids is 3. The van der Waals surface area contributed by atoms with Crippen LogP contribution in [0.4, 0.5) is 5.69 Å². The predicted molar refractivity (Wildman–Crippen MR) is 119 cm³/mol. The molecule has 0 aromatic heterocycles. The number of para-hydroxylation sites is 1. The van der Waals surface area contributed by atoms with E-state index in [-0.39, 0.29) is 31.4 Å². The summed E-state index contributed by atoms with van der Waals surface area (Å²) in [5.74, 6) is -0.383.